The van der Waals surface area contributed by atoms with Crippen LogP contribution in [0.4, 0.5) is 0 Å². The molecule has 1 saturated heterocycles. The summed E-state index contributed by atoms with van der Waals surface area (Å²) in [5.41, 5.74) is 0.427. The van der Waals surface area contributed by atoms with Gasteiger partial charge in [-0.1, -0.05) is 6.07 Å². The maximum Gasteiger partial charge on any atom is 0.261 e. The van der Waals surface area contributed by atoms with Gasteiger partial charge in [-0.15, -0.1) is 0 Å². The number of methoxy groups -OCH3 is 2. The number of piperidine rings is 1. The molecule has 0 saturated carbocycles. The van der Waals surface area contributed by atoms with E-state index in [2.05, 4.69) is 6.07 Å². The van der Waals surface area contributed by atoms with Crippen molar-refractivity contribution in [3.63, 3.8) is 0 Å². The molecule has 1 fully saturated rings. The number of benzene rings is 1. The summed E-state index contributed by atoms with van der Waals surface area (Å²) in [6.45, 7) is 1.13. The van der Waals surface area contributed by atoms with Crippen molar-refractivity contribution in [1.82, 2.24) is 4.90 Å². The summed E-state index contributed by atoms with van der Waals surface area (Å²) in [5.74, 6) is 0.759. The molecular weight excluding hydrogens is 256 g/mol. The molecule has 1 unspecified atom stereocenters. The van der Waals surface area contributed by atoms with Crippen LogP contribution in [0.1, 0.15) is 23.2 Å². The Hall–Kier alpha value is -2.22. The maximum absolute atomic E-state index is 12.7. The average Bonchev–Trinajstić information content (AvgIpc) is 2.53. The minimum atomic E-state index is -0.140. The van der Waals surface area contributed by atoms with E-state index in [1.807, 2.05) is 0 Å². The minimum absolute atomic E-state index is 0.0894. The van der Waals surface area contributed by atoms with Gasteiger partial charge in [0.1, 0.15) is 17.1 Å². The zero-order valence-corrected chi connectivity index (χ0v) is 11.8. The van der Waals surface area contributed by atoms with Crippen LogP contribution in [0.25, 0.3) is 0 Å². The number of hydrogen-bond donors (Lipinski definition) is 0. The molecule has 5 heteroatoms. The molecule has 1 aliphatic heterocycles. The van der Waals surface area contributed by atoms with Crippen LogP contribution in [-0.4, -0.2) is 38.1 Å². The van der Waals surface area contributed by atoms with Crippen LogP contribution in [-0.2, 0) is 0 Å². The Morgan fingerprint density at radius 2 is 2.00 bits per heavy atom. The average molecular weight is 274 g/mol. The monoisotopic (exact) mass is 274 g/mol. The molecular formula is C15H18N2O3. The van der Waals surface area contributed by atoms with Gasteiger partial charge in [0.05, 0.1) is 26.2 Å². The summed E-state index contributed by atoms with van der Waals surface area (Å²) < 4.78 is 10.5. The third-order valence-corrected chi connectivity index (χ3v) is 3.53. The van der Waals surface area contributed by atoms with E-state index < -0.39 is 0 Å². The Morgan fingerprint density at radius 3 is 2.55 bits per heavy atom. The van der Waals surface area contributed by atoms with Gasteiger partial charge in [0.2, 0.25) is 0 Å². The quantitative estimate of drug-likeness (QED) is 0.846. The normalized spacial score (nSPS) is 18.2. The van der Waals surface area contributed by atoms with E-state index in [9.17, 15) is 4.79 Å². The topological polar surface area (TPSA) is 62.6 Å². The molecule has 0 bridgehead atoms. The summed E-state index contributed by atoms with van der Waals surface area (Å²) in [6, 6.07) is 7.50. The first kappa shape index (κ1) is 14.2. The number of ether oxygens (including phenoxy) is 2. The summed E-state index contributed by atoms with van der Waals surface area (Å²) in [5, 5.41) is 9.03. The lowest BCUT2D eigenvalue weighted by atomic mass is 9.98. The summed E-state index contributed by atoms with van der Waals surface area (Å²) in [6.07, 6.45) is 1.70. The predicted molar refractivity (Wildman–Crippen MR) is 73.8 cm³/mol. The SMILES string of the molecule is COc1cccc(OC)c1C(=O)N1CCCC(C#N)C1. The summed E-state index contributed by atoms with van der Waals surface area (Å²) in [4.78, 5) is 14.4. The van der Waals surface area contributed by atoms with Gasteiger partial charge in [0.25, 0.3) is 5.91 Å². The number of nitriles is 1. The molecule has 1 amide bonds. The molecule has 1 atom stereocenters. The Morgan fingerprint density at radius 1 is 1.35 bits per heavy atom. The molecule has 0 aromatic heterocycles. The molecule has 1 aromatic rings. The number of rotatable bonds is 3. The van der Waals surface area contributed by atoms with Crippen molar-refractivity contribution in [3.8, 4) is 17.6 Å². The standard InChI is InChI=1S/C15H18N2O3/c1-19-12-6-3-7-13(20-2)14(12)15(18)17-8-4-5-11(9-16)10-17/h3,6-7,11H,4-5,8,10H2,1-2H3. The summed E-state index contributed by atoms with van der Waals surface area (Å²) in [7, 11) is 3.06. The lowest BCUT2D eigenvalue weighted by molar-refractivity contribution is 0.0692. The van der Waals surface area contributed by atoms with Gasteiger partial charge in [-0.2, -0.15) is 5.26 Å². The molecule has 1 aromatic carbocycles. The fourth-order valence-corrected chi connectivity index (χ4v) is 2.49. The van der Waals surface area contributed by atoms with Crippen LogP contribution in [0.5, 0.6) is 11.5 Å². The maximum atomic E-state index is 12.7. The van der Waals surface area contributed by atoms with E-state index >= 15 is 0 Å². The minimum Gasteiger partial charge on any atom is -0.496 e. The zero-order chi connectivity index (χ0) is 14.5. The fraction of sp³-hybridized carbons (Fsp3) is 0.467. The van der Waals surface area contributed by atoms with E-state index in [4.69, 9.17) is 14.7 Å². The molecule has 0 N–H and O–H groups in total. The van der Waals surface area contributed by atoms with Crippen LogP contribution >= 0.6 is 0 Å². The molecule has 5 nitrogen and oxygen atoms in total. The van der Waals surface area contributed by atoms with E-state index in [1.54, 1.807) is 23.1 Å². The van der Waals surface area contributed by atoms with Crippen molar-refractivity contribution < 1.29 is 14.3 Å². The molecule has 1 heterocycles. The molecule has 0 aliphatic carbocycles. The van der Waals surface area contributed by atoms with Crippen molar-refractivity contribution in [1.29, 1.82) is 5.26 Å². The smallest absolute Gasteiger partial charge is 0.261 e. The number of likely N-dealkylation sites (tertiary alicyclic amines) is 1. The highest BCUT2D eigenvalue weighted by molar-refractivity contribution is 5.99. The summed E-state index contributed by atoms with van der Waals surface area (Å²) >= 11 is 0. The second kappa shape index (κ2) is 6.29. The van der Waals surface area contributed by atoms with Crippen LogP contribution in [0, 0.1) is 17.2 Å². The lowest BCUT2D eigenvalue weighted by Gasteiger charge is -2.30. The lowest BCUT2D eigenvalue weighted by Crippen LogP contribution is -2.39. The van der Waals surface area contributed by atoms with Crippen molar-refractivity contribution in [2.24, 2.45) is 5.92 Å². The van der Waals surface area contributed by atoms with Gasteiger partial charge in [-0.3, -0.25) is 4.79 Å². The third-order valence-electron chi connectivity index (χ3n) is 3.53. The highest BCUT2D eigenvalue weighted by atomic mass is 16.5. The van der Waals surface area contributed by atoms with Gasteiger partial charge in [-0.25, -0.2) is 0 Å². The number of amides is 1. The number of carbonyl (C=O) groups is 1. The second-order valence-electron chi connectivity index (χ2n) is 4.76. The molecule has 20 heavy (non-hydrogen) atoms. The van der Waals surface area contributed by atoms with Gasteiger partial charge in [-0.05, 0) is 25.0 Å². The highest BCUT2D eigenvalue weighted by Crippen LogP contribution is 2.30. The molecule has 0 spiro atoms. The van der Waals surface area contributed by atoms with Gasteiger partial charge in [0.15, 0.2) is 0 Å². The largest absolute Gasteiger partial charge is 0.496 e. The second-order valence-corrected chi connectivity index (χ2v) is 4.76. The van der Waals surface area contributed by atoms with Crippen molar-refractivity contribution in [2.45, 2.75) is 12.8 Å². The van der Waals surface area contributed by atoms with Crippen molar-refractivity contribution in [2.75, 3.05) is 27.3 Å². The third kappa shape index (κ3) is 2.69. The highest BCUT2D eigenvalue weighted by Gasteiger charge is 2.28. The Bertz CT molecular complexity index is 514. The number of hydrogen-bond acceptors (Lipinski definition) is 4. The molecule has 2 rings (SSSR count). The van der Waals surface area contributed by atoms with Gasteiger partial charge >= 0.3 is 0 Å². The molecule has 0 radical (unpaired) electrons. The van der Waals surface area contributed by atoms with Crippen LogP contribution in [0.3, 0.4) is 0 Å². The first-order chi connectivity index (χ1) is 9.71. The Kier molecular flexibility index (Phi) is 4.46. The van der Waals surface area contributed by atoms with E-state index in [0.29, 0.717) is 30.2 Å². The van der Waals surface area contributed by atoms with E-state index in [1.165, 1.54) is 14.2 Å². The fourth-order valence-electron chi connectivity index (χ4n) is 2.49. The molecule has 1 aliphatic rings. The van der Waals surface area contributed by atoms with Gasteiger partial charge < -0.3 is 14.4 Å². The van der Waals surface area contributed by atoms with Crippen molar-refractivity contribution >= 4 is 5.91 Å². The number of nitrogens with zero attached hydrogens (tertiary/aromatic N) is 2. The Balaban J connectivity index is 2.31. The number of carbonyl (C=O) groups excluding carboxylic acids is 1. The van der Waals surface area contributed by atoms with Crippen LogP contribution in [0.15, 0.2) is 18.2 Å². The van der Waals surface area contributed by atoms with E-state index in [0.717, 1.165) is 12.8 Å². The zero-order valence-electron chi connectivity index (χ0n) is 11.8. The first-order valence-corrected chi connectivity index (χ1v) is 6.61. The van der Waals surface area contributed by atoms with E-state index in [-0.39, 0.29) is 11.8 Å². The predicted octanol–water partition coefficient (Wildman–Crippen LogP) is 2.08. The first-order valence-electron chi connectivity index (χ1n) is 6.61. The molecule has 106 valence electrons. The van der Waals surface area contributed by atoms with Gasteiger partial charge in [0, 0.05) is 13.1 Å². The van der Waals surface area contributed by atoms with Crippen LogP contribution in [0.2, 0.25) is 0 Å². The van der Waals surface area contributed by atoms with Crippen molar-refractivity contribution in [3.05, 3.63) is 23.8 Å². The Labute approximate surface area is 118 Å². The van der Waals surface area contributed by atoms with Crippen LogP contribution < -0.4 is 9.47 Å².